The summed E-state index contributed by atoms with van der Waals surface area (Å²) < 4.78 is 0. The van der Waals surface area contributed by atoms with Crippen LogP contribution in [0, 0.1) is 0 Å². The number of anilines is 1. The lowest BCUT2D eigenvalue weighted by molar-refractivity contribution is -0.120. The van der Waals surface area contributed by atoms with Crippen LogP contribution in [-0.2, 0) is 11.2 Å². The van der Waals surface area contributed by atoms with Crippen LogP contribution in [0.1, 0.15) is 88.8 Å². The molecular formula is C26H38N2O. The van der Waals surface area contributed by atoms with E-state index < -0.39 is 0 Å². The maximum Gasteiger partial charge on any atom is 0.242 e. The predicted molar refractivity (Wildman–Crippen MR) is 124 cm³/mol. The van der Waals surface area contributed by atoms with Crippen molar-refractivity contribution >= 4 is 11.6 Å². The Kier molecular flexibility index (Phi) is 9.24. The Morgan fingerprint density at radius 1 is 0.862 bits per heavy atom. The maximum atomic E-state index is 12.9. The summed E-state index contributed by atoms with van der Waals surface area (Å²) in [7, 11) is 0. The topological polar surface area (TPSA) is 32.3 Å². The van der Waals surface area contributed by atoms with Gasteiger partial charge in [0.2, 0.25) is 5.91 Å². The Bertz CT molecular complexity index is 726. The van der Waals surface area contributed by atoms with Crippen molar-refractivity contribution in [1.82, 2.24) is 5.43 Å². The third-order valence-corrected chi connectivity index (χ3v) is 5.31. The van der Waals surface area contributed by atoms with E-state index in [1.54, 1.807) is 0 Å². The van der Waals surface area contributed by atoms with Crippen molar-refractivity contribution in [3.05, 3.63) is 65.2 Å². The molecule has 0 saturated heterocycles. The van der Waals surface area contributed by atoms with E-state index in [0.29, 0.717) is 18.3 Å². The summed E-state index contributed by atoms with van der Waals surface area (Å²) in [5.74, 6) is 0.834. The van der Waals surface area contributed by atoms with Crippen LogP contribution in [0.4, 0.5) is 5.69 Å². The number of nitrogens with one attached hydrogen (secondary N) is 1. The molecule has 1 N–H and O–H groups in total. The Balaban J connectivity index is 2.31. The minimum absolute atomic E-state index is 0.0416. The highest BCUT2D eigenvalue weighted by molar-refractivity contribution is 5.81. The summed E-state index contributed by atoms with van der Waals surface area (Å²) in [6, 6.07) is 16.5. The summed E-state index contributed by atoms with van der Waals surface area (Å²) in [5, 5.41) is 2.13. The van der Waals surface area contributed by atoms with Gasteiger partial charge >= 0.3 is 0 Å². The van der Waals surface area contributed by atoms with Crippen LogP contribution in [-0.4, -0.2) is 12.5 Å². The Morgan fingerprint density at radius 2 is 1.48 bits per heavy atom. The van der Waals surface area contributed by atoms with E-state index in [1.165, 1.54) is 36.1 Å². The molecule has 0 spiro atoms. The van der Waals surface area contributed by atoms with Gasteiger partial charge in [0.1, 0.15) is 0 Å². The van der Waals surface area contributed by atoms with E-state index in [4.69, 9.17) is 0 Å². The van der Waals surface area contributed by atoms with Crippen molar-refractivity contribution in [3.8, 4) is 0 Å². The summed E-state index contributed by atoms with van der Waals surface area (Å²) in [4.78, 5) is 12.9. The van der Waals surface area contributed by atoms with Crippen molar-refractivity contribution in [2.75, 3.05) is 11.6 Å². The van der Waals surface area contributed by atoms with Crippen molar-refractivity contribution in [2.45, 2.75) is 78.6 Å². The van der Waals surface area contributed by atoms with Gasteiger partial charge in [0.25, 0.3) is 0 Å². The van der Waals surface area contributed by atoms with E-state index >= 15 is 0 Å². The molecule has 0 saturated carbocycles. The molecule has 3 heteroatoms. The molecule has 0 atom stereocenters. The van der Waals surface area contributed by atoms with Crippen LogP contribution >= 0.6 is 0 Å². The molecule has 29 heavy (non-hydrogen) atoms. The van der Waals surface area contributed by atoms with Crippen LogP contribution in [0.3, 0.4) is 0 Å². The van der Waals surface area contributed by atoms with Crippen molar-refractivity contribution in [2.24, 2.45) is 0 Å². The normalized spacial score (nSPS) is 11.1. The molecule has 2 aromatic carbocycles. The number of hydrazine groups is 1. The van der Waals surface area contributed by atoms with Gasteiger partial charge in [-0.15, -0.1) is 0 Å². The molecule has 2 aromatic rings. The smallest absolute Gasteiger partial charge is 0.242 e. The molecule has 2 rings (SSSR count). The van der Waals surface area contributed by atoms with Crippen molar-refractivity contribution in [1.29, 1.82) is 0 Å². The average molecular weight is 395 g/mol. The molecule has 0 bridgehead atoms. The second kappa shape index (κ2) is 11.6. The first kappa shape index (κ1) is 23.0. The number of hydrogen-bond donors (Lipinski definition) is 1. The monoisotopic (exact) mass is 394 g/mol. The van der Waals surface area contributed by atoms with Gasteiger partial charge in [-0.3, -0.25) is 15.2 Å². The van der Waals surface area contributed by atoms with Crippen molar-refractivity contribution in [3.63, 3.8) is 0 Å². The average Bonchev–Trinajstić information content (AvgIpc) is 2.70. The van der Waals surface area contributed by atoms with Crippen LogP contribution in [0.15, 0.2) is 48.5 Å². The highest BCUT2D eigenvalue weighted by Gasteiger charge is 2.21. The number of para-hydroxylation sites is 1. The van der Waals surface area contributed by atoms with Gasteiger partial charge in [-0.05, 0) is 34.9 Å². The molecular weight excluding hydrogens is 356 g/mol. The number of rotatable bonds is 11. The first-order chi connectivity index (χ1) is 13.9. The number of amides is 1. The first-order valence-corrected chi connectivity index (χ1v) is 11.2. The van der Waals surface area contributed by atoms with E-state index in [0.717, 1.165) is 18.5 Å². The second-order valence-corrected chi connectivity index (χ2v) is 8.50. The Labute approximate surface area is 177 Å². The molecule has 0 aromatic heterocycles. The molecule has 0 unspecified atom stereocenters. The molecule has 0 aliphatic heterocycles. The summed E-state index contributed by atoms with van der Waals surface area (Å²) in [6.07, 6.45) is 5.09. The predicted octanol–water partition coefficient (Wildman–Crippen LogP) is 6.59. The van der Waals surface area contributed by atoms with Gasteiger partial charge in [0.15, 0.2) is 0 Å². The fourth-order valence-electron chi connectivity index (χ4n) is 3.72. The third-order valence-electron chi connectivity index (χ3n) is 5.31. The summed E-state index contributed by atoms with van der Waals surface area (Å²) >= 11 is 0. The van der Waals surface area contributed by atoms with Crippen LogP contribution in [0.2, 0.25) is 0 Å². The van der Waals surface area contributed by atoms with Crippen LogP contribution in [0.5, 0.6) is 0 Å². The molecule has 0 fully saturated rings. The lowest BCUT2D eigenvalue weighted by Gasteiger charge is -2.32. The Hall–Kier alpha value is -2.29. The number of carbonyl (C=O) groups is 1. The Morgan fingerprint density at radius 3 is 2.03 bits per heavy atom. The van der Waals surface area contributed by atoms with Gasteiger partial charge in [-0.1, -0.05) is 102 Å². The molecule has 0 aliphatic carbocycles. The molecule has 158 valence electrons. The zero-order valence-corrected chi connectivity index (χ0v) is 18.9. The zero-order chi connectivity index (χ0) is 21.2. The van der Waals surface area contributed by atoms with E-state index in [9.17, 15) is 4.79 Å². The maximum absolute atomic E-state index is 12.9. The standard InChI is InChI=1S/C26H38N2O/c1-6-7-8-12-18-28(27-25(29)19-22-14-10-9-11-15-22)26-23(20(2)3)16-13-17-24(26)21(4)5/h9-11,13-17,20-21H,6-8,12,18-19H2,1-5H3,(H,27,29). The number of carbonyl (C=O) groups excluding carboxylic acids is 1. The van der Waals surface area contributed by atoms with Crippen LogP contribution < -0.4 is 10.4 Å². The van der Waals surface area contributed by atoms with Gasteiger partial charge in [-0.2, -0.15) is 0 Å². The first-order valence-electron chi connectivity index (χ1n) is 11.2. The van der Waals surface area contributed by atoms with Gasteiger partial charge in [-0.25, -0.2) is 0 Å². The highest BCUT2D eigenvalue weighted by Crippen LogP contribution is 2.35. The fraction of sp³-hybridized carbons (Fsp3) is 0.500. The van der Waals surface area contributed by atoms with E-state index in [2.05, 4.69) is 63.3 Å². The quantitative estimate of drug-likeness (QED) is 0.344. The second-order valence-electron chi connectivity index (χ2n) is 8.50. The fourth-order valence-corrected chi connectivity index (χ4v) is 3.72. The minimum Gasteiger partial charge on any atom is -0.285 e. The third kappa shape index (κ3) is 6.92. The highest BCUT2D eigenvalue weighted by atomic mass is 16.2. The zero-order valence-electron chi connectivity index (χ0n) is 18.9. The SMILES string of the molecule is CCCCCCN(NC(=O)Cc1ccccc1)c1c(C(C)C)cccc1C(C)C. The van der Waals surface area contributed by atoms with Gasteiger partial charge in [0.05, 0.1) is 12.1 Å². The number of unbranched alkanes of at least 4 members (excludes halogenated alkanes) is 3. The summed E-state index contributed by atoms with van der Waals surface area (Å²) in [6.45, 7) is 12.0. The number of benzene rings is 2. The number of nitrogens with zero attached hydrogens (tertiary/aromatic N) is 1. The molecule has 0 radical (unpaired) electrons. The largest absolute Gasteiger partial charge is 0.285 e. The van der Waals surface area contributed by atoms with Crippen molar-refractivity contribution < 1.29 is 4.79 Å². The van der Waals surface area contributed by atoms with E-state index in [1.807, 2.05) is 30.3 Å². The molecule has 1 amide bonds. The molecule has 3 nitrogen and oxygen atoms in total. The molecule has 0 heterocycles. The van der Waals surface area contributed by atoms with E-state index in [-0.39, 0.29) is 5.91 Å². The molecule has 0 aliphatic rings. The van der Waals surface area contributed by atoms with Crippen LogP contribution in [0.25, 0.3) is 0 Å². The lowest BCUT2D eigenvalue weighted by atomic mass is 9.92. The summed E-state index contributed by atoms with van der Waals surface area (Å²) in [5.41, 5.74) is 8.07. The van der Waals surface area contributed by atoms with Gasteiger partial charge < -0.3 is 0 Å². The van der Waals surface area contributed by atoms with Gasteiger partial charge in [0, 0.05) is 6.54 Å². The lowest BCUT2D eigenvalue weighted by Crippen LogP contribution is -2.45. The minimum atomic E-state index is 0.0416. The number of hydrogen-bond acceptors (Lipinski definition) is 2.